The molecule has 9 rings (SSSR count). The van der Waals surface area contributed by atoms with Gasteiger partial charge < -0.3 is 5.73 Å². The third-order valence-corrected chi connectivity index (χ3v) is 12.9. The van der Waals surface area contributed by atoms with Crippen molar-refractivity contribution in [3.8, 4) is 22.3 Å². The average Bonchev–Trinajstić information content (AvgIpc) is 3.32. The summed E-state index contributed by atoms with van der Waals surface area (Å²) in [7, 11) is 0. The highest BCUT2D eigenvalue weighted by atomic mass is 15.3. The lowest BCUT2D eigenvalue weighted by atomic mass is 9.69. The Morgan fingerprint density at radius 1 is 0.547 bits per heavy atom. The van der Waals surface area contributed by atoms with Crippen molar-refractivity contribution < 1.29 is 0 Å². The fourth-order valence-electron chi connectivity index (χ4n) is 9.39. The van der Waals surface area contributed by atoms with Crippen LogP contribution in [-0.2, 0) is 17.3 Å². The zero-order valence-electron chi connectivity index (χ0n) is 37.4. The molecule has 0 saturated carbocycles. The molecular weight excluding hydrogens is 777 g/mol. The van der Waals surface area contributed by atoms with Gasteiger partial charge in [-0.15, -0.1) is 0 Å². The second kappa shape index (κ2) is 17.3. The quantitative estimate of drug-likeness (QED) is 0.0895. The van der Waals surface area contributed by atoms with E-state index in [4.69, 9.17) is 15.7 Å². The van der Waals surface area contributed by atoms with Crippen LogP contribution in [0.5, 0.6) is 0 Å². The smallest absolute Gasteiger partial charge is 0.235 e. The summed E-state index contributed by atoms with van der Waals surface area (Å²) in [4.78, 5) is 13.0. The van der Waals surface area contributed by atoms with Crippen LogP contribution in [0.25, 0.3) is 28.0 Å². The summed E-state index contributed by atoms with van der Waals surface area (Å²) in [5.74, 6) is 0.540. The van der Waals surface area contributed by atoms with Gasteiger partial charge in [-0.05, 0) is 104 Å². The van der Waals surface area contributed by atoms with E-state index in [1.807, 2.05) is 60.7 Å². The topological polar surface area (TPSA) is 54.0 Å². The highest BCUT2D eigenvalue weighted by Crippen LogP contribution is 2.52. The largest absolute Gasteiger partial charge is 0.398 e. The maximum atomic E-state index is 6.90. The number of para-hydroxylation sites is 2. The molecule has 1 heterocycles. The molecule has 2 N–H and O–H groups in total. The fourth-order valence-corrected chi connectivity index (χ4v) is 9.39. The number of rotatable bonds is 9. The molecule has 4 nitrogen and oxygen atoms in total. The van der Waals surface area contributed by atoms with Crippen LogP contribution in [0.2, 0.25) is 0 Å². The Bertz CT molecular complexity index is 2980. The van der Waals surface area contributed by atoms with Gasteiger partial charge in [0.15, 0.2) is 0 Å². The van der Waals surface area contributed by atoms with Crippen molar-refractivity contribution in [3.63, 3.8) is 0 Å². The van der Waals surface area contributed by atoms with Crippen LogP contribution in [0.1, 0.15) is 79.1 Å². The standard InChI is InChI=1S/C60H54N4/c1-41(44-23-11-7-12-24-44)62-58(63-42(2)45-25-13-8-14-26-45)64-56-34-22-20-32-52(56)60(5,6)54-39-50(53(40-57(54)64)59(3,4)51-31-19-21-33-55(51)61)37-43-35-48(46-27-15-9-16-28-46)38-49(36-43)47-29-17-10-18-30-47/h7-36,38-40H,1,37,61H2,2-6H3/b62-58?,63-42+. The Morgan fingerprint density at radius 3 is 1.69 bits per heavy atom. The molecule has 4 heteroatoms. The van der Waals surface area contributed by atoms with Gasteiger partial charge in [0.05, 0.1) is 17.1 Å². The summed E-state index contributed by atoms with van der Waals surface area (Å²) in [5.41, 5.74) is 24.1. The van der Waals surface area contributed by atoms with Crippen molar-refractivity contribution in [1.82, 2.24) is 0 Å². The van der Waals surface area contributed by atoms with Crippen LogP contribution in [-0.4, -0.2) is 11.7 Å². The third-order valence-electron chi connectivity index (χ3n) is 12.9. The lowest BCUT2D eigenvalue weighted by Gasteiger charge is -2.43. The SMILES string of the molecule is C=C(N=C(/N=C(\C)c1ccccc1)N1c2ccccc2C(C)(C)c2cc(Cc3cc(-c4ccccc4)cc(-c4ccccc4)c3)c(C(C)(C)c3ccccc3N)cc21)c1ccccc1. The first-order chi connectivity index (χ1) is 31.0. The molecule has 0 radical (unpaired) electrons. The van der Waals surface area contributed by atoms with Crippen molar-refractivity contribution in [3.05, 3.63) is 251 Å². The van der Waals surface area contributed by atoms with E-state index in [9.17, 15) is 0 Å². The number of benzene rings is 8. The predicted octanol–water partition coefficient (Wildman–Crippen LogP) is 14.8. The Morgan fingerprint density at radius 2 is 1.08 bits per heavy atom. The number of nitrogen functional groups attached to an aromatic ring is 1. The van der Waals surface area contributed by atoms with Gasteiger partial charge in [0.25, 0.3) is 0 Å². The number of anilines is 3. The Balaban J connectivity index is 1.31. The molecule has 0 unspecified atom stereocenters. The monoisotopic (exact) mass is 830 g/mol. The second-order valence-corrected chi connectivity index (χ2v) is 17.8. The summed E-state index contributed by atoms with van der Waals surface area (Å²) < 4.78 is 0. The molecule has 0 bridgehead atoms. The summed E-state index contributed by atoms with van der Waals surface area (Å²) >= 11 is 0. The van der Waals surface area contributed by atoms with E-state index >= 15 is 0 Å². The van der Waals surface area contributed by atoms with Crippen LogP contribution in [0.3, 0.4) is 0 Å². The molecule has 1 aliphatic heterocycles. The number of hydrogen-bond acceptors (Lipinski definition) is 2. The molecule has 0 atom stereocenters. The predicted molar refractivity (Wildman–Crippen MR) is 272 cm³/mol. The minimum atomic E-state index is -0.504. The molecule has 1 aliphatic rings. The van der Waals surface area contributed by atoms with Crippen molar-refractivity contribution in [2.75, 3.05) is 10.6 Å². The molecule has 0 saturated heterocycles. The van der Waals surface area contributed by atoms with Crippen molar-refractivity contribution in [1.29, 1.82) is 0 Å². The zero-order chi connectivity index (χ0) is 44.4. The second-order valence-electron chi connectivity index (χ2n) is 17.8. The maximum Gasteiger partial charge on any atom is 0.235 e. The van der Waals surface area contributed by atoms with Crippen LogP contribution < -0.4 is 10.6 Å². The number of guanidine groups is 1. The van der Waals surface area contributed by atoms with Gasteiger partial charge in [-0.2, -0.15) is 0 Å². The maximum absolute atomic E-state index is 6.90. The van der Waals surface area contributed by atoms with Gasteiger partial charge >= 0.3 is 0 Å². The molecule has 0 fully saturated rings. The summed E-state index contributed by atoms with van der Waals surface area (Å²) in [6.45, 7) is 15.8. The number of aliphatic imine (C=N–C) groups is 2. The van der Waals surface area contributed by atoms with Gasteiger partial charge in [-0.25, -0.2) is 9.98 Å². The number of nitrogens with two attached hydrogens (primary N) is 1. The first-order valence-electron chi connectivity index (χ1n) is 22.1. The van der Waals surface area contributed by atoms with Gasteiger partial charge in [0.2, 0.25) is 5.96 Å². The first kappa shape index (κ1) is 41.8. The molecule has 0 amide bonds. The molecule has 8 aromatic rings. The number of nitrogens with zero attached hydrogens (tertiary/aromatic N) is 3. The zero-order valence-corrected chi connectivity index (χ0v) is 37.4. The van der Waals surface area contributed by atoms with Gasteiger partial charge in [0, 0.05) is 22.2 Å². The Kier molecular flexibility index (Phi) is 11.3. The molecule has 0 spiro atoms. The molecule has 314 valence electrons. The van der Waals surface area contributed by atoms with E-state index in [0.29, 0.717) is 18.1 Å². The van der Waals surface area contributed by atoms with Crippen molar-refractivity contribution in [2.24, 2.45) is 9.98 Å². The van der Waals surface area contributed by atoms with Crippen molar-refractivity contribution in [2.45, 2.75) is 51.9 Å². The van der Waals surface area contributed by atoms with E-state index in [2.05, 4.69) is 186 Å². The Labute approximate surface area is 378 Å². The summed E-state index contributed by atoms with van der Waals surface area (Å²) in [6.07, 6.45) is 0.702. The third kappa shape index (κ3) is 8.11. The molecule has 0 aromatic heterocycles. The van der Waals surface area contributed by atoms with Crippen LogP contribution in [0.15, 0.2) is 217 Å². The molecule has 0 aliphatic carbocycles. The van der Waals surface area contributed by atoms with Gasteiger partial charge in [0.1, 0.15) is 0 Å². The fraction of sp³-hybridized carbons (Fsp3) is 0.133. The van der Waals surface area contributed by atoms with E-state index in [-0.39, 0.29) is 5.41 Å². The summed E-state index contributed by atoms with van der Waals surface area (Å²) in [6, 6.07) is 70.7. The normalized spacial score (nSPS) is 13.5. The highest BCUT2D eigenvalue weighted by Gasteiger charge is 2.40. The highest BCUT2D eigenvalue weighted by molar-refractivity contribution is 6.15. The van der Waals surface area contributed by atoms with E-state index in [1.165, 1.54) is 50.1 Å². The Hall–Kier alpha value is -7.56. The summed E-state index contributed by atoms with van der Waals surface area (Å²) in [5, 5.41) is 0. The first-order valence-corrected chi connectivity index (χ1v) is 22.1. The van der Waals surface area contributed by atoms with Crippen molar-refractivity contribution >= 4 is 34.4 Å². The van der Waals surface area contributed by atoms with E-state index in [0.717, 1.165) is 39.5 Å². The lowest BCUT2D eigenvalue weighted by Crippen LogP contribution is -2.37. The lowest BCUT2D eigenvalue weighted by molar-refractivity contribution is 0.616. The number of hydrogen-bond donors (Lipinski definition) is 1. The van der Waals surface area contributed by atoms with E-state index < -0.39 is 5.41 Å². The van der Waals surface area contributed by atoms with Gasteiger partial charge in [-0.3, -0.25) is 4.90 Å². The average molecular weight is 831 g/mol. The molecule has 64 heavy (non-hydrogen) atoms. The number of fused-ring (bicyclic) bond motifs is 2. The molecular formula is C60H54N4. The van der Waals surface area contributed by atoms with Gasteiger partial charge in [-0.1, -0.05) is 210 Å². The van der Waals surface area contributed by atoms with Crippen LogP contribution in [0.4, 0.5) is 17.1 Å². The van der Waals surface area contributed by atoms with Crippen LogP contribution in [0, 0.1) is 0 Å². The minimum Gasteiger partial charge on any atom is -0.398 e. The van der Waals surface area contributed by atoms with E-state index in [1.54, 1.807) is 0 Å². The van der Waals surface area contributed by atoms with Crippen LogP contribution >= 0.6 is 0 Å². The molecule has 8 aromatic carbocycles. The minimum absolute atomic E-state index is 0.382.